The summed E-state index contributed by atoms with van der Waals surface area (Å²) < 4.78 is 6.64. The highest BCUT2D eigenvalue weighted by Gasteiger charge is 2.22. The van der Waals surface area contributed by atoms with Crippen LogP contribution in [0.3, 0.4) is 0 Å². The Morgan fingerprint density at radius 3 is 2.75 bits per heavy atom. The summed E-state index contributed by atoms with van der Waals surface area (Å²) >= 11 is 1.80. The summed E-state index contributed by atoms with van der Waals surface area (Å²) in [5, 5.41) is 3.14. The van der Waals surface area contributed by atoms with Gasteiger partial charge < -0.3 is 15.0 Å². The molecule has 2 N–H and O–H groups in total. The third-order valence-corrected chi connectivity index (χ3v) is 6.90. The van der Waals surface area contributed by atoms with E-state index in [2.05, 4.69) is 33.1 Å². The lowest BCUT2D eigenvalue weighted by Gasteiger charge is -2.26. The molecule has 4 rings (SSSR count). The highest BCUT2D eigenvalue weighted by atomic mass is 32.1. The fraction of sp³-hybridized carbons (Fsp3) is 0.667. The molecule has 28 heavy (non-hydrogen) atoms. The van der Waals surface area contributed by atoms with Gasteiger partial charge in [0.05, 0.1) is 23.4 Å². The molecule has 0 aliphatic carbocycles. The van der Waals surface area contributed by atoms with Crippen molar-refractivity contribution in [1.82, 2.24) is 20.1 Å². The zero-order chi connectivity index (χ0) is 19.3. The minimum Gasteiger partial charge on any atom is -0.379 e. The second-order valence-electron chi connectivity index (χ2n) is 7.98. The van der Waals surface area contributed by atoms with Gasteiger partial charge in [-0.2, -0.15) is 0 Å². The van der Waals surface area contributed by atoms with E-state index in [1.165, 1.54) is 34.4 Å². The number of carbonyl (C=O) groups excluding carboxylic acids is 1. The fourth-order valence-corrected chi connectivity index (χ4v) is 5.27. The number of rotatable bonds is 7. The number of thiophene rings is 1. The first kappa shape index (κ1) is 19.9. The molecular formula is C21H32N4O2S. The molecule has 2 aliphatic rings. The Labute approximate surface area is 171 Å². The second kappa shape index (κ2) is 9.39. The number of hydrogen-bond acceptors (Lipinski definition) is 5. The number of aromatic nitrogens is 1. The van der Waals surface area contributed by atoms with Crippen LogP contribution in [-0.2, 0) is 11.3 Å². The topological polar surface area (TPSA) is 60.6 Å². The number of ether oxygens (including phenoxy) is 1. The lowest BCUT2D eigenvalue weighted by Crippen LogP contribution is -2.38. The standard InChI is InChI=1S/C21H32N4O2S/c1-16-14-18-20(28-16)17(15-25-7-3-2-4-8-25)19(23-18)21(26)22-6-5-9-24-10-12-27-13-11-24/h14,23H,2-13,15H2,1H3,(H,22,26). The largest absolute Gasteiger partial charge is 0.379 e. The van der Waals surface area contributed by atoms with Gasteiger partial charge in [0.25, 0.3) is 5.91 Å². The van der Waals surface area contributed by atoms with E-state index in [1.807, 2.05) is 0 Å². The van der Waals surface area contributed by atoms with Crippen LogP contribution < -0.4 is 5.32 Å². The maximum Gasteiger partial charge on any atom is 0.268 e. The first-order valence-corrected chi connectivity index (χ1v) is 11.4. The molecule has 6 nitrogen and oxygen atoms in total. The van der Waals surface area contributed by atoms with Crippen LogP contribution in [0, 0.1) is 6.92 Å². The van der Waals surface area contributed by atoms with Gasteiger partial charge in [-0.15, -0.1) is 11.3 Å². The van der Waals surface area contributed by atoms with E-state index < -0.39 is 0 Å². The molecule has 0 bridgehead atoms. The average Bonchev–Trinajstić information content (AvgIpc) is 3.24. The van der Waals surface area contributed by atoms with E-state index in [-0.39, 0.29) is 5.91 Å². The molecule has 4 heterocycles. The smallest absolute Gasteiger partial charge is 0.268 e. The van der Waals surface area contributed by atoms with Gasteiger partial charge in [0.2, 0.25) is 0 Å². The molecule has 2 aromatic heterocycles. The summed E-state index contributed by atoms with van der Waals surface area (Å²) in [5.74, 6) is 0.0371. The second-order valence-corrected chi connectivity index (χ2v) is 9.24. The zero-order valence-corrected chi connectivity index (χ0v) is 17.7. The first-order valence-electron chi connectivity index (χ1n) is 10.6. The van der Waals surface area contributed by atoms with E-state index >= 15 is 0 Å². The number of fused-ring (bicyclic) bond motifs is 1. The Bertz CT molecular complexity index is 788. The van der Waals surface area contributed by atoms with Crippen molar-refractivity contribution in [2.24, 2.45) is 0 Å². The van der Waals surface area contributed by atoms with Gasteiger partial charge in [-0.05, 0) is 51.9 Å². The van der Waals surface area contributed by atoms with Crippen molar-refractivity contribution in [3.05, 3.63) is 22.2 Å². The van der Waals surface area contributed by atoms with E-state index in [9.17, 15) is 4.79 Å². The van der Waals surface area contributed by atoms with E-state index in [4.69, 9.17) is 4.74 Å². The number of H-pyrrole nitrogens is 1. The van der Waals surface area contributed by atoms with E-state index in [1.54, 1.807) is 11.3 Å². The average molecular weight is 405 g/mol. The molecule has 2 aliphatic heterocycles. The number of aryl methyl sites for hydroxylation is 1. The number of amides is 1. The Morgan fingerprint density at radius 1 is 1.18 bits per heavy atom. The molecule has 0 radical (unpaired) electrons. The minimum atomic E-state index is 0.0371. The van der Waals surface area contributed by atoms with Gasteiger partial charge >= 0.3 is 0 Å². The normalized spacial score (nSPS) is 19.3. The van der Waals surface area contributed by atoms with Gasteiger partial charge in [-0.3, -0.25) is 14.6 Å². The highest BCUT2D eigenvalue weighted by molar-refractivity contribution is 7.19. The van der Waals surface area contributed by atoms with Gasteiger partial charge in [0.1, 0.15) is 5.69 Å². The predicted molar refractivity (Wildman–Crippen MR) is 114 cm³/mol. The van der Waals surface area contributed by atoms with Gasteiger partial charge in [-0.25, -0.2) is 0 Å². The molecular weight excluding hydrogens is 372 g/mol. The third-order valence-electron chi connectivity index (χ3n) is 5.79. The summed E-state index contributed by atoms with van der Waals surface area (Å²) in [7, 11) is 0. The maximum atomic E-state index is 12.9. The molecule has 2 aromatic rings. The lowest BCUT2D eigenvalue weighted by atomic mass is 10.1. The predicted octanol–water partition coefficient (Wildman–Crippen LogP) is 2.98. The van der Waals surface area contributed by atoms with Crippen LogP contribution in [-0.4, -0.2) is 73.2 Å². The van der Waals surface area contributed by atoms with Crippen molar-refractivity contribution in [2.75, 3.05) is 52.5 Å². The molecule has 7 heteroatoms. The summed E-state index contributed by atoms with van der Waals surface area (Å²) in [6.45, 7) is 10.7. The van der Waals surface area contributed by atoms with E-state index in [0.717, 1.165) is 70.1 Å². The van der Waals surface area contributed by atoms with E-state index in [0.29, 0.717) is 6.54 Å². The molecule has 0 aromatic carbocycles. The molecule has 0 saturated carbocycles. The van der Waals surface area contributed by atoms with Crippen molar-refractivity contribution in [1.29, 1.82) is 0 Å². The number of likely N-dealkylation sites (tertiary alicyclic amines) is 1. The molecule has 0 spiro atoms. The van der Waals surface area contributed by atoms with Crippen molar-refractivity contribution >= 4 is 27.5 Å². The summed E-state index contributed by atoms with van der Waals surface area (Å²) in [6.07, 6.45) is 4.83. The Morgan fingerprint density at radius 2 is 1.96 bits per heavy atom. The molecule has 2 saturated heterocycles. The lowest BCUT2D eigenvalue weighted by molar-refractivity contribution is 0.0374. The van der Waals surface area contributed by atoms with Gasteiger partial charge in [0.15, 0.2) is 0 Å². The zero-order valence-electron chi connectivity index (χ0n) is 16.9. The minimum absolute atomic E-state index is 0.0371. The van der Waals surface area contributed by atoms with Crippen molar-refractivity contribution in [2.45, 2.75) is 39.2 Å². The SMILES string of the molecule is Cc1cc2[nH]c(C(=O)NCCCN3CCOCC3)c(CN3CCCCC3)c2s1. The Balaban J connectivity index is 1.39. The Kier molecular flexibility index (Phi) is 6.67. The van der Waals surface area contributed by atoms with Crippen LogP contribution in [0.2, 0.25) is 0 Å². The number of hydrogen-bond donors (Lipinski definition) is 2. The monoisotopic (exact) mass is 404 g/mol. The van der Waals surface area contributed by atoms with Crippen LogP contribution >= 0.6 is 11.3 Å². The fourth-order valence-electron chi connectivity index (χ4n) is 4.26. The maximum absolute atomic E-state index is 12.9. The van der Waals surface area contributed by atoms with Crippen LogP contribution in [0.15, 0.2) is 6.07 Å². The number of nitrogens with one attached hydrogen (secondary N) is 2. The molecule has 1 amide bonds. The highest BCUT2D eigenvalue weighted by Crippen LogP contribution is 2.32. The van der Waals surface area contributed by atoms with Gasteiger partial charge in [-0.1, -0.05) is 6.42 Å². The third kappa shape index (κ3) is 4.76. The number of morpholine rings is 1. The van der Waals surface area contributed by atoms with Crippen LogP contribution in [0.5, 0.6) is 0 Å². The molecule has 0 atom stereocenters. The first-order chi connectivity index (χ1) is 13.7. The quantitative estimate of drug-likeness (QED) is 0.697. The molecule has 0 unspecified atom stereocenters. The number of carbonyl (C=O) groups is 1. The molecule has 2 fully saturated rings. The van der Waals surface area contributed by atoms with Crippen molar-refractivity contribution in [3.63, 3.8) is 0 Å². The van der Waals surface area contributed by atoms with Crippen LogP contribution in [0.25, 0.3) is 10.2 Å². The number of aromatic amines is 1. The van der Waals surface area contributed by atoms with Crippen molar-refractivity contribution < 1.29 is 9.53 Å². The van der Waals surface area contributed by atoms with Crippen LogP contribution in [0.1, 0.15) is 46.6 Å². The van der Waals surface area contributed by atoms with Gasteiger partial charge in [0, 0.05) is 36.6 Å². The summed E-state index contributed by atoms with van der Waals surface area (Å²) in [6, 6.07) is 2.16. The van der Waals surface area contributed by atoms with Crippen LogP contribution in [0.4, 0.5) is 0 Å². The Hall–Kier alpha value is -1.41. The molecule has 154 valence electrons. The number of piperidine rings is 1. The number of nitrogens with zero attached hydrogens (tertiary/aromatic N) is 2. The summed E-state index contributed by atoms with van der Waals surface area (Å²) in [4.78, 5) is 22.5. The van der Waals surface area contributed by atoms with Crippen molar-refractivity contribution in [3.8, 4) is 0 Å². The summed E-state index contributed by atoms with van der Waals surface area (Å²) in [5.41, 5.74) is 3.05.